The number of aryl methyl sites for hydroxylation is 1. The first-order valence-corrected chi connectivity index (χ1v) is 15.3. The molecular weight excluding hydrogens is 702 g/mol. The molecule has 48 heavy (non-hydrogen) atoms. The zero-order valence-electron chi connectivity index (χ0n) is 25.6. The maximum Gasteiger partial charge on any atom is 0.431 e. The second-order valence-corrected chi connectivity index (χ2v) is 11.8. The summed E-state index contributed by atoms with van der Waals surface area (Å²) in [7, 11) is 0.894. The van der Waals surface area contributed by atoms with E-state index in [1.165, 1.54) is 22.9 Å². The van der Waals surface area contributed by atoms with Gasteiger partial charge >= 0.3 is 23.5 Å². The quantitative estimate of drug-likeness (QED) is 0.191. The fraction of sp³-hybridized carbons (Fsp3) is 0.323. The standard InChI is InChI=1S/C16H14ClF3N2O4.C15H13Cl2N3O2/c1-8(2)26-14(24)10-6-9(4-5-11(10)17)22-13(23)7-12(16(18,19)20)21(3)15(22)25;1-2-7-22-13-9-12(10(16)8-11(13)17)20-15(21)19-6-4-3-5-14(19)18-20/h4-8H,1-3H3;1,8-9H,3-7H2. The van der Waals surface area contributed by atoms with Crippen molar-refractivity contribution in [1.29, 1.82) is 0 Å². The minimum atomic E-state index is -4.86. The first-order valence-electron chi connectivity index (χ1n) is 14.2. The average molecular weight is 729 g/mol. The van der Waals surface area contributed by atoms with Gasteiger partial charge in [-0.2, -0.15) is 17.9 Å². The number of ether oxygens (including phenoxy) is 2. The number of halogens is 6. The van der Waals surface area contributed by atoms with E-state index in [1.54, 1.807) is 24.5 Å². The normalized spacial score (nSPS) is 12.5. The number of hydrogen-bond donors (Lipinski definition) is 0. The topological polar surface area (TPSA) is 119 Å². The van der Waals surface area contributed by atoms with Gasteiger partial charge in [0.1, 0.15) is 23.9 Å². The van der Waals surface area contributed by atoms with Crippen molar-refractivity contribution in [3.8, 4) is 29.5 Å². The molecule has 254 valence electrons. The molecule has 0 amide bonds. The summed E-state index contributed by atoms with van der Waals surface area (Å²) in [5, 5.41) is 5.05. The number of terminal acetylenes is 1. The molecule has 1 aliphatic heterocycles. The highest BCUT2D eigenvalue weighted by Gasteiger charge is 2.35. The lowest BCUT2D eigenvalue weighted by molar-refractivity contribution is -0.144. The monoisotopic (exact) mass is 727 g/mol. The zero-order chi connectivity index (χ0) is 35.5. The van der Waals surface area contributed by atoms with Crippen molar-refractivity contribution in [2.75, 3.05) is 6.61 Å². The van der Waals surface area contributed by atoms with Crippen LogP contribution in [0.5, 0.6) is 5.75 Å². The van der Waals surface area contributed by atoms with E-state index in [0.717, 1.165) is 38.2 Å². The van der Waals surface area contributed by atoms with Gasteiger partial charge in [-0.25, -0.2) is 19.0 Å². The van der Waals surface area contributed by atoms with Crippen LogP contribution in [0.25, 0.3) is 11.4 Å². The molecule has 0 N–H and O–H groups in total. The van der Waals surface area contributed by atoms with Crippen molar-refractivity contribution in [3.63, 3.8) is 0 Å². The summed E-state index contributed by atoms with van der Waals surface area (Å²) < 4.78 is 52.9. The molecule has 0 unspecified atom stereocenters. The molecule has 3 heterocycles. The maximum absolute atomic E-state index is 12.9. The van der Waals surface area contributed by atoms with Crippen LogP contribution in [0.3, 0.4) is 0 Å². The molecule has 0 fully saturated rings. The van der Waals surface area contributed by atoms with Gasteiger partial charge in [-0.1, -0.05) is 40.7 Å². The molecule has 17 heteroatoms. The number of alkyl halides is 3. The van der Waals surface area contributed by atoms with Gasteiger partial charge < -0.3 is 9.47 Å². The van der Waals surface area contributed by atoms with Gasteiger partial charge in [0.15, 0.2) is 0 Å². The molecule has 0 saturated heterocycles. The first-order chi connectivity index (χ1) is 22.5. The molecule has 0 aliphatic carbocycles. The molecule has 0 bridgehead atoms. The lowest BCUT2D eigenvalue weighted by atomic mass is 10.2. The van der Waals surface area contributed by atoms with E-state index in [0.29, 0.717) is 43.2 Å². The highest BCUT2D eigenvalue weighted by atomic mass is 35.5. The smallest absolute Gasteiger partial charge is 0.431 e. The minimum absolute atomic E-state index is 0.0104. The van der Waals surface area contributed by atoms with Gasteiger partial charge in [-0.3, -0.25) is 13.9 Å². The Bertz CT molecular complexity index is 2090. The van der Waals surface area contributed by atoms with Crippen LogP contribution in [-0.2, 0) is 30.9 Å². The van der Waals surface area contributed by atoms with E-state index in [2.05, 4.69) is 11.0 Å². The number of rotatable bonds is 6. The van der Waals surface area contributed by atoms with Gasteiger partial charge in [0.2, 0.25) is 0 Å². The minimum Gasteiger partial charge on any atom is -0.479 e. The molecule has 0 saturated carbocycles. The van der Waals surface area contributed by atoms with Crippen LogP contribution >= 0.6 is 34.8 Å². The highest BCUT2D eigenvalue weighted by Crippen LogP contribution is 2.33. The third-order valence-electron chi connectivity index (χ3n) is 6.89. The Morgan fingerprint density at radius 2 is 1.73 bits per heavy atom. The Kier molecular flexibility index (Phi) is 11.2. The predicted octanol–water partition coefficient (Wildman–Crippen LogP) is 5.46. The third-order valence-corrected chi connectivity index (χ3v) is 7.82. The number of esters is 1. The summed E-state index contributed by atoms with van der Waals surface area (Å²) in [6.07, 6.45) is 2.67. The summed E-state index contributed by atoms with van der Waals surface area (Å²) in [6, 6.07) is 7.02. The van der Waals surface area contributed by atoms with Crippen molar-refractivity contribution in [2.45, 2.75) is 51.9 Å². The van der Waals surface area contributed by atoms with E-state index in [-0.39, 0.29) is 28.6 Å². The zero-order valence-corrected chi connectivity index (χ0v) is 27.9. The largest absolute Gasteiger partial charge is 0.479 e. The van der Waals surface area contributed by atoms with E-state index >= 15 is 0 Å². The van der Waals surface area contributed by atoms with Crippen LogP contribution in [0.4, 0.5) is 13.2 Å². The lowest BCUT2D eigenvalue weighted by Gasteiger charge is -2.15. The third kappa shape index (κ3) is 7.81. The summed E-state index contributed by atoms with van der Waals surface area (Å²) >= 11 is 18.2. The second kappa shape index (κ2) is 14.8. The molecule has 0 spiro atoms. The van der Waals surface area contributed by atoms with Gasteiger partial charge in [0.05, 0.1) is 38.1 Å². The molecule has 11 nitrogen and oxygen atoms in total. The predicted molar refractivity (Wildman–Crippen MR) is 173 cm³/mol. The van der Waals surface area contributed by atoms with Crippen LogP contribution in [0.1, 0.15) is 48.6 Å². The number of fused-ring (bicyclic) bond motifs is 1. The number of carbonyl (C=O) groups is 1. The first kappa shape index (κ1) is 36.4. The Morgan fingerprint density at radius 3 is 2.35 bits per heavy atom. The summed E-state index contributed by atoms with van der Waals surface area (Å²) in [4.78, 5) is 48.9. The molecule has 0 radical (unpaired) electrons. The van der Waals surface area contributed by atoms with Crippen LogP contribution in [-0.4, -0.2) is 42.2 Å². The van der Waals surface area contributed by atoms with Crippen molar-refractivity contribution in [2.24, 2.45) is 7.05 Å². The second-order valence-electron chi connectivity index (χ2n) is 10.6. The van der Waals surface area contributed by atoms with E-state index in [4.69, 9.17) is 50.7 Å². The summed E-state index contributed by atoms with van der Waals surface area (Å²) in [5.74, 6) is 2.72. The number of hydrogen-bond acceptors (Lipinski definition) is 7. The average Bonchev–Trinajstić information content (AvgIpc) is 3.34. The molecule has 1 aliphatic rings. The van der Waals surface area contributed by atoms with E-state index < -0.39 is 35.2 Å². The van der Waals surface area contributed by atoms with E-state index in [1.807, 2.05) is 0 Å². The maximum atomic E-state index is 12.9. The van der Waals surface area contributed by atoms with Crippen LogP contribution in [0, 0.1) is 12.3 Å². The van der Waals surface area contributed by atoms with Crippen molar-refractivity contribution >= 4 is 40.8 Å². The molecule has 2 aromatic heterocycles. The Morgan fingerprint density at radius 1 is 1.02 bits per heavy atom. The van der Waals surface area contributed by atoms with Gasteiger partial charge in [0.25, 0.3) is 5.56 Å². The Labute approximate surface area is 286 Å². The molecular formula is C31H27Cl3F3N5O6. The highest BCUT2D eigenvalue weighted by molar-refractivity contribution is 6.36. The Balaban J connectivity index is 0.000000219. The van der Waals surface area contributed by atoms with Gasteiger partial charge in [0, 0.05) is 32.1 Å². The summed E-state index contributed by atoms with van der Waals surface area (Å²) in [6.45, 7) is 3.99. The van der Waals surface area contributed by atoms with Gasteiger partial charge in [-0.05, 0) is 51.0 Å². The molecule has 0 atom stereocenters. The van der Waals surface area contributed by atoms with E-state index in [9.17, 15) is 32.3 Å². The number of carbonyl (C=O) groups excluding carboxylic acids is 1. The van der Waals surface area contributed by atoms with Gasteiger partial charge in [-0.15, -0.1) is 11.5 Å². The van der Waals surface area contributed by atoms with Crippen LogP contribution in [0.15, 0.2) is 50.8 Å². The number of aromatic nitrogens is 5. The fourth-order valence-electron chi connectivity index (χ4n) is 4.69. The number of benzene rings is 2. The molecule has 2 aromatic carbocycles. The molecule has 4 aromatic rings. The number of nitrogens with zero attached hydrogens (tertiary/aromatic N) is 5. The SMILES string of the molecule is C#CCOc1cc(-n2nc3n(c2=O)CCCC3)c(Cl)cc1Cl.CC(C)OC(=O)c1cc(-n2c(=O)cc(C(F)(F)F)n(C)c2=O)ccc1Cl. The van der Waals surface area contributed by atoms with Crippen LogP contribution in [0.2, 0.25) is 15.1 Å². The van der Waals surface area contributed by atoms with Crippen molar-refractivity contribution in [3.05, 3.63) is 99.9 Å². The summed E-state index contributed by atoms with van der Waals surface area (Å²) in [5.41, 5.74) is -3.78. The van der Waals surface area contributed by atoms with Crippen molar-refractivity contribution in [1.82, 2.24) is 23.5 Å². The Hall–Kier alpha value is -4.45. The van der Waals surface area contributed by atoms with Crippen LogP contribution < -0.4 is 21.7 Å². The van der Waals surface area contributed by atoms with Crippen molar-refractivity contribution < 1.29 is 27.4 Å². The lowest BCUT2D eigenvalue weighted by Crippen LogP contribution is -2.40. The molecule has 5 rings (SSSR count). The fourth-order valence-corrected chi connectivity index (χ4v) is 5.40.